The van der Waals surface area contributed by atoms with E-state index in [4.69, 9.17) is 4.74 Å². The van der Waals surface area contributed by atoms with E-state index in [0.717, 1.165) is 0 Å². The highest BCUT2D eigenvalue weighted by atomic mass is 16.6. The summed E-state index contributed by atoms with van der Waals surface area (Å²) < 4.78 is 5.41. The number of amides is 3. The standard InChI is InChI=1S/C15H25N3O4/c1-10-9-17(11-5-6-12(19)16-13(11)20)7-8-18(10)14(21)22-15(2,3)4/h10-11H,5-9H2,1-4H3,(H,16,19,20)/t10-,11?/m0/s1. The summed E-state index contributed by atoms with van der Waals surface area (Å²) in [6, 6.07) is -0.310. The van der Waals surface area contributed by atoms with E-state index < -0.39 is 5.60 Å². The van der Waals surface area contributed by atoms with E-state index in [2.05, 4.69) is 5.32 Å². The average molecular weight is 311 g/mol. The predicted molar refractivity (Wildman–Crippen MR) is 80.1 cm³/mol. The van der Waals surface area contributed by atoms with Gasteiger partial charge in [0, 0.05) is 32.1 Å². The number of carbonyl (C=O) groups excluding carboxylic acids is 3. The van der Waals surface area contributed by atoms with Gasteiger partial charge in [-0.25, -0.2) is 4.79 Å². The van der Waals surface area contributed by atoms with Gasteiger partial charge in [-0.05, 0) is 34.1 Å². The first-order valence-corrected chi connectivity index (χ1v) is 7.75. The van der Waals surface area contributed by atoms with Crippen molar-refractivity contribution < 1.29 is 19.1 Å². The van der Waals surface area contributed by atoms with Crippen molar-refractivity contribution in [2.45, 2.75) is 58.2 Å². The molecule has 0 aromatic rings. The van der Waals surface area contributed by atoms with Crippen molar-refractivity contribution in [1.82, 2.24) is 15.1 Å². The van der Waals surface area contributed by atoms with Gasteiger partial charge in [-0.2, -0.15) is 0 Å². The summed E-state index contributed by atoms with van der Waals surface area (Å²) in [6.07, 6.45) is 0.601. The second-order valence-electron chi connectivity index (χ2n) is 6.98. The molecule has 124 valence electrons. The van der Waals surface area contributed by atoms with Gasteiger partial charge in [0.25, 0.3) is 0 Å². The molecule has 3 amide bonds. The molecule has 2 atom stereocenters. The molecule has 2 fully saturated rings. The Balaban J connectivity index is 1.94. The molecule has 0 spiro atoms. The summed E-state index contributed by atoms with van der Waals surface area (Å²) in [5.41, 5.74) is -0.516. The third-order valence-electron chi connectivity index (χ3n) is 3.94. The van der Waals surface area contributed by atoms with Gasteiger partial charge in [0.15, 0.2) is 0 Å². The minimum Gasteiger partial charge on any atom is -0.444 e. The van der Waals surface area contributed by atoms with Gasteiger partial charge in [-0.1, -0.05) is 0 Å². The van der Waals surface area contributed by atoms with Gasteiger partial charge >= 0.3 is 6.09 Å². The van der Waals surface area contributed by atoms with Gasteiger partial charge < -0.3 is 9.64 Å². The fraction of sp³-hybridized carbons (Fsp3) is 0.800. The summed E-state index contributed by atoms with van der Waals surface area (Å²) in [5, 5.41) is 2.38. The van der Waals surface area contributed by atoms with Crippen molar-refractivity contribution in [3.8, 4) is 0 Å². The Morgan fingerprint density at radius 2 is 1.95 bits per heavy atom. The molecule has 0 aromatic heterocycles. The minimum absolute atomic E-state index is 0.0333. The molecule has 1 unspecified atom stereocenters. The number of piperazine rings is 1. The molecule has 2 aliphatic rings. The van der Waals surface area contributed by atoms with Crippen LogP contribution in [0.25, 0.3) is 0 Å². The molecule has 2 saturated heterocycles. The van der Waals surface area contributed by atoms with Crippen LogP contribution < -0.4 is 5.32 Å². The summed E-state index contributed by atoms with van der Waals surface area (Å²) in [6.45, 7) is 9.21. The Labute approximate surface area is 131 Å². The maximum atomic E-state index is 12.2. The van der Waals surface area contributed by atoms with Gasteiger partial charge in [0.05, 0.1) is 6.04 Å². The number of hydrogen-bond donors (Lipinski definition) is 1. The molecule has 0 aliphatic carbocycles. The molecule has 0 bridgehead atoms. The van der Waals surface area contributed by atoms with Crippen molar-refractivity contribution in [1.29, 1.82) is 0 Å². The zero-order valence-electron chi connectivity index (χ0n) is 13.7. The second kappa shape index (κ2) is 6.24. The first-order valence-electron chi connectivity index (χ1n) is 7.75. The van der Waals surface area contributed by atoms with E-state index in [0.29, 0.717) is 32.5 Å². The fourth-order valence-corrected chi connectivity index (χ4v) is 2.89. The Kier molecular flexibility index (Phi) is 4.75. The number of imide groups is 1. The van der Waals surface area contributed by atoms with Gasteiger partial charge in [0.1, 0.15) is 5.60 Å². The van der Waals surface area contributed by atoms with Crippen LogP contribution in [0.1, 0.15) is 40.5 Å². The normalized spacial score (nSPS) is 27.5. The van der Waals surface area contributed by atoms with Crippen LogP contribution in [0, 0.1) is 0 Å². The average Bonchev–Trinajstić information content (AvgIpc) is 2.36. The smallest absolute Gasteiger partial charge is 0.410 e. The molecular formula is C15H25N3O4. The van der Waals surface area contributed by atoms with E-state index in [1.54, 1.807) is 4.90 Å². The lowest BCUT2D eigenvalue weighted by Crippen LogP contribution is -2.61. The zero-order chi connectivity index (χ0) is 16.5. The summed E-state index contributed by atoms with van der Waals surface area (Å²) >= 11 is 0. The second-order valence-corrected chi connectivity index (χ2v) is 6.98. The largest absolute Gasteiger partial charge is 0.444 e. The number of nitrogens with one attached hydrogen (secondary N) is 1. The maximum Gasteiger partial charge on any atom is 0.410 e. The van der Waals surface area contributed by atoms with E-state index in [1.165, 1.54) is 0 Å². The highest BCUT2D eigenvalue weighted by Crippen LogP contribution is 2.20. The third kappa shape index (κ3) is 3.97. The molecule has 2 rings (SSSR count). The van der Waals surface area contributed by atoms with Crippen LogP contribution in [0.3, 0.4) is 0 Å². The number of hydrogen-bond acceptors (Lipinski definition) is 5. The summed E-state index contributed by atoms with van der Waals surface area (Å²) in [7, 11) is 0. The summed E-state index contributed by atoms with van der Waals surface area (Å²) in [5.74, 6) is -0.434. The first-order chi connectivity index (χ1) is 10.2. The summed E-state index contributed by atoms with van der Waals surface area (Å²) in [4.78, 5) is 39.1. The first kappa shape index (κ1) is 16.7. The lowest BCUT2D eigenvalue weighted by molar-refractivity contribution is -0.138. The van der Waals surface area contributed by atoms with E-state index >= 15 is 0 Å². The Hall–Kier alpha value is -1.63. The zero-order valence-corrected chi connectivity index (χ0v) is 13.7. The lowest BCUT2D eigenvalue weighted by Gasteiger charge is -2.43. The lowest BCUT2D eigenvalue weighted by atomic mass is 10.0. The van der Waals surface area contributed by atoms with Gasteiger partial charge in [0.2, 0.25) is 11.8 Å². The third-order valence-corrected chi connectivity index (χ3v) is 3.94. The molecule has 0 aromatic carbocycles. The Bertz CT molecular complexity index is 472. The van der Waals surface area contributed by atoms with Crippen LogP contribution in [0.2, 0.25) is 0 Å². The van der Waals surface area contributed by atoms with E-state index in [-0.39, 0.29) is 30.0 Å². The number of rotatable bonds is 1. The van der Waals surface area contributed by atoms with Crippen molar-refractivity contribution >= 4 is 17.9 Å². The van der Waals surface area contributed by atoms with Crippen LogP contribution in [-0.2, 0) is 14.3 Å². The number of ether oxygens (including phenoxy) is 1. The molecule has 1 N–H and O–H groups in total. The van der Waals surface area contributed by atoms with Crippen LogP contribution >= 0.6 is 0 Å². The van der Waals surface area contributed by atoms with Gasteiger partial charge in [-0.15, -0.1) is 0 Å². The fourth-order valence-electron chi connectivity index (χ4n) is 2.89. The van der Waals surface area contributed by atoms with Crippen LogP contribution in [-0.4, -0.2) is 65.0 Å². The molecule has 0 saturated carbocycles. The minimum atomic E-state index is -0.516. The molecule has 2 heterocycles. The highest BCUT2D eigenvalue weighted by molar-refractivity contribution is 6.00. The van der Waals surface area contributed by atoms with Crippen LogP contribution in [0.15, 0.2) is 0 Å². The quantitative estimate of drug-likeness (QED) is 0.722. The van der Waals surface area contributed by atoms with Crippen LogP contribution in [0.4, 0.5) is 4.79 Å². The molecular weight excluding hydrogens is 286 g/mol. The molecule has 7 heteroatoms. The molecule has 7 nitrogen and oxygen atoms in total. The molecule has 0 radical (unpaired) electrons. The van der Waals surface area contributed by atoms with Crippen molar-refractivity contribution in [3.05, 3.63) is 0 Å². The number of nitrogens with zero attached hydrogens (tertiary/aromatic N) is 2. The Morgan fingerprint density at radius 3 is 2.50 bits per heavy atom. The molecule has 2 aliphatic heterocycles. The maximum absolute atomic E-state index is 12.2. The SMILES string of the molecule is C[C@H]1CN(C2CCC(=O)NC2=O)CCN1C(=O)OC(C)(C)C. The van der Waals surface area contributed by atoms with Gasteiger partial charge in [-0.3, -0.25) is 19.8 Å². The van der Waals surface area contributed by atoms with Crippen molar-refractivity contribution in [2.75, 3.05) is 19.6 Å². The predicted octanol–water partition coefficient (Wildman–Crippen LogP) is 0.733. The van der Waals surface area contributed by atoms with Crippen LogP contribution in [0.5, 0.6) is 0 Å². The molecule has 22 heavy (non-hydrogen) atoms. The monoisotopic (exact) mass is 311 g/mol. The van der Waals surface area contributed by atoms with Crippen molar-refractivity contribution in [3.63, 3.8) is 0 Å². The highest BCUT2D eigenvalue weighted by Gasteiger charge is 2.37. The van der Waals surface area contributed by atoms with E-state index in [9.17, 15) is 14.4 Å². The number of carbonyl (C=O) groups is 3. The number of piperidine rings is 1. The van der Waals surface area contributed by atoms with Crippen molar-refractivity contribution in [2.24, 2.45) is 0 Å². The topological polar surface area (TPSA) is 79.0 Å². The van der Waals surface area contributed by atoms with E-state index in [1.807, 2.05) is 32.6 Å². The Morgan fingerprint density at radius 1 is 1.27 bits per heavy atom.